The van der Waals surface area contributed by atoms with Crippen LogP contribution in [-0.4, -0.2) is 14.9 Å². The van der Waals surface area contributed by atoms with Crippen LogP contribution in [0.25, 0.3) is 22.7 Å². The molecule has 7 heteroatoms. The average molecular weight is 410 g/mol. The molecule has 0 fully saturated rings. The number of imidazole rings is 1. The molecule has 152 valence electrons. The van der Waals surface area contributed by atoms with Gasteiger partial charge in [-0.25, -0.2) is 4.98 Å². The summed E-state index contributed by atoms with van der Waals surface area (Å²) in [4.78, 5) is 18.0. The lowest BCUT2D eigenvalue weighted by atomic mass is 10.1. The molecule has 1 aromatic heterocycles. The van der Waals surface area contributed by atoms with E-state index in [1.54, 1.807) is 18.2 Å². The maximum Gasteiger partial charge on any atom is 0.269 e. The third-order valence-electron chi connectivity index (χ3n) is 4.76. The number of hydrogen-bond donors (Lipinski definition) is 1. The molecule has 0 radical (unpaired) electrons. The number of aromatic amines is 1. The zero-order valence-electron chi connectivity index (χ0n) is 16.7. The summed E-state index contributed by atoms with van der Waals surface area (Å²) in [7, 11) is 0. The lowest BCUT2D eigenvalue weighted by Gasteiger charge is -2.06. The van der Waals surface area contributed by atoms with Crippen molar-refractivity contribution in [2.24, 2.45) is 0 Å². The number of non-ortho nitro benzene ring substituents is 1. The fourth-order valence-corrected chi connectivity index (χ4v) is 3.11. The first-order chi connectivity index (χ1) is 15.0. The van der Waals surface area contributed by atoms with Gasteiger partial charge in [-0.1, -0.05) is 18.2 Å². The number of nitro benzene ring substituents is 1. The van der Waals surface area contributed by atoms with Gasteiger partial charge in [0.15, 0.2) is 0 Å². The molecule has 31 heavy (non-hydrogen) atoms. The quantitative estimate of drug-likeness (QED) is 0.259. The van der Waals surface area contributed by atoms with Gasteiger partial charge in [-0.15, -0.1) is 0 Å². The summed E-state index contributed by atoms with van der Waals surface area (Å²) in [6, 6.07) is 21.7. The van der Waals surface area contributed by atoms with Gasteiger partial charge in [0.05, 0.1) is 21.5 Å². The highest BCUT2D eigenvalue weighted by Gasteiger charge is 2.08. The number of nitro groups is 1. The van der Waals surface area contributed by atoms with Crippen LogP contribution in [-0.2, 0) is 6.61 Å². The number of ether oxygens (including phenoxy) is 1. The maximum absolute atomic E-state index is 10.7. The Hall–Kier alpha value is -4.44. The van der Waals surface area contributed by atoms with Gasteiger partial charge in [0.25, 0.3) is 5.69 Å². The van der Waals surface area contributed by atoms with E-state index in [1.807, 2.05) is 49.4 Å². The predicted octanol–water partition coefficient (Wildman–Crippen LogP) is 5.42. The number of nitrogens with zero attached hydrogens (tertiary/aromatic N) is 3. The zero-order valence-corrected chi connectivity index (χ0v) is 16.7. The van der Waals surface area contributed by atoms with Crippen LogP contribution in [0.5, 0.6) is 5.75 Å². The summed E-state index contributed by atoms with van der Waals surface area (Å²) in [5, 5.41) is 20.3. The van der Waals surface area contributed by atoms with E-state index in [0.717, 1.165) is 27.7 Å². The van der Waals surface area contributed by atoms with Crippen LogP contribution in [0.15, 0.2) is 66.7 Å². The molecule has 0 amide bonds. The topological polar surface area (TPSA) is 105 Å². The van der Waals surface area contributed by atoms with E-state index in [4.69, 9.17) is 4.74 Å². The molecule has 0 spiro atoms. The van der Waals surface area contributed by atoms with Crippen molar-refractivity contribution in [1.82, 2.24) is 9.97 Å². The molecule has 1 N–H and O–H groups in total. The number of fused-ring (bicyclic) bond motifs is 1. The fourth-order valence-electron chi connectivity index (χ4n) is 3.11. The van der Waals surface area contributed by atoms with Gasteiger partial charge in [-0.3, -0.25) is 10.1 Å². The number of benzene rings is 3. The van der Waals surface area contributed by atoms with Gasteiger partial charge >= 0.3 is 0 Å². The Morgan fingerprint density at radius 3 is 2.58 bits per heavy atom. The predicted molar refractivity (Wildman–Crippen MR) is 118 cm³/mol. The number of nitrogens with one attached hydrogen (secondary N) is 1. The largest absolute Gasteiger partial charge is 0.489 e. The Kier molecular flexibility index (Phi) is 5.45. The van der Waals surface area contributed by atoms with Crippen LogP contribution in [0.3, 0.4) is 0 Å². The minimum Gasteiger partial charge on any atom is -0.489 e. The molecule has 7 nitrogen and oxygen atoms in total. The second-order valence-corrected chi connectivity index (χ2v) is 7.06. The van der Waals surface area contributed by atoms with E-state index in [1.165, 1.54) is 12.1 Å². The van der Waals surface area contributed by atoms with Crippen LogP contribution in [0, 0.1) is 28.4 Å². The summed E-state index contributed by atoms with van der Waals surface area (Å²) in [6.07, 6.45) is 1.77. The van der Waals surface area contributed by atoms with Gasteiger partial charge < -0.3 is 9.72 Å². The molecule has 0 saturated carbocycles. The second-order valence-electron chi connectivity index (χ2n) is 7.06. The number of hydrogen-bond acceptors (Lipinski definition) is 5. The number of nitriles is 1. The maximum atomic E-state index is 10.7. The van der Waals surface area contributed by atoms with Crippen molar-refractivity contribution in [2.45, 2.75) is 13.5 Å². The van der Waals surface area contributed by atoms with E-state index >= 15 is 0 Å². The van der Waals surface area contributed by atoms with E-state index in [9.17, 15) is 15.4 Å². The molecule has 0 aliphatic rings. The first-order valence-corrected chi connectivity index (χ1v) is 9.56. The molecule has 3 aromatic carbocycles. The Morgan fingerprint density at radius 1 is 1.16 bits per heavy atom. The summed E-state index contributed by atoms with van der Waals surface area (Å²) in [5.74, 6) is 1.19. The highest BCUT2D eigenvalue weighted by atomic mass is 16.6. The van der Waals surface area contributed by atoms with Crippen LogP contribution >= 0.6 is 0 Å². The van der Waals surface area contributed by atoms with Gasteiger partial charge in [0, 0.05) is 12.1 Å². The van der Waals surface area contributed by atoms with Crippen molar-refractivity contribution in [3.8, 4) is 11.8 Å². The highest BCUT2D eigenvalue weighted by molar-refractivity contribution is 5.90. The van der Waals surface area contributed by atoms with Crippen LogP contribution in [0.1, 0.15) is 22.5 Å². The number of H-pyrrole nitrogens is 1. The molecule has 0 aliphatic heterocycles. The lowest BCUT2D eigenvalue weighted by Crippen LogP contribution is -1.96. The smallest absolute Gasteiger partial charge is 0.269 e. The molecule has 0 unspecified atom stereocenters. The number of aromatic nitrogens is 2. The van der Waals surface area contributed by atoms with Gasteiger partial charge in [0.2, 0.25) is 0 Å². The van der Waals surface area contributed by atoms with Gasteiger partial charge in [-0.05, 0) is 66.1 Å². The monoisotopic (exact) mass is 410 g/mol. The normalized spacial score (nSPS) is 11.3. The Balaban J connectivity index is 1.46. The first-order valence-electron chi connectivity index (χ1n) is 9.56. The van der Waals surface area contributed by atoms with Crippen LogP contribution < -0.4 is 4.74 Å². The Morgan fingerprint density at radius 2 is 1.90 bits per heavy atom. The zero-order chi connectivity index (χ0) is 21.8. The van der Waals surface area contributed by atoms with Crippen molar-refractivity contribution in [2.75, 3.05) is 0 Å². The minimum atomic E-state index is -0.432. The van der Waals surface area contributed by atoms with E-state index in [2.05, 4.69) is 16.0 Å². The highest BCUT2D eigenvalue weighted by Crippen LogP contribution is 2.22. The molecule has 0 atom stereocenters. The molecule has 0 saturated heterocycles. The summed E-state index contributed by atoms with van der Waals surface area (Å²) in [6.45, 7) is 2.31. The van der Waals surface area contributed by atoms with E-state index in [-0.39, 0.29) is 5.69 Å². The molecule has 4 rings (SSSR count). The minimum absolute atomic E-state index is 0.0489. The molecule has 0 aliphatic carbocycles. The van der Waals surface area contributed by atoms with Gasteiger partial charge in [0.1, 0.15) is 24.3 Å². The van der Waals surface area contributed by atoms with Crippen LogP contribution in [0.4, 0.5) is 5.69 Å². The summed E-state index contributed by atoms with van der Waals surface area (Å²) in [5.41, 5.74) is 5.00. The number of aryl methyl sites for hydroxylation is 1. The van der Waals surface area contributed by atoms with Crippen molar-refractivity contribution in [1.29, 1.82) is 5.26 Å². The SMILES string of the molecule is Cc1ccc2nc(/C(C#N)=C\c3ccc(OCc4ccc([N+](=O)[O-])cc4)cc3)[nH]c2c1. The standard InChI is InChI=1S/C24H18N4O3/c1-16-2-11-22-23(12-16)27-24(26-22)19(14-25)13-17-5-9-21(10-6-17)31-15-18-3-7-20(8-4-18)28(29)30/h2-13H,15H2,1H3,(H,26,27)/b19-13-. The van der Waals surface area contributed by atoms with Crippen molar-refractivity contribution < 1.29 is 9.66 Å². The average Bonchev–Trinajstić information content (AvgIpc) is 3.20. The summed E-state index contributed by atoms with van der Waals surface area (Å²) < 4.78 is 5.74. The molecule has 1 heterocycles. The molecular weight excluding hydrogens is 392 g/mol. The van der Waals surface area contributed by atoms with Crippen molar-refractivity contribution >= 4 is 28.4 Å². The van der Waals surface area contributed by atoms with Crippen molar-refractivity contribution in [3.63, 3.8) is 0 Å². The molecule has 0 bridgehead atoms. The first kappa shape index (κ1) is 19.9. The van der Waals surface area contributed by atoms with Gasteiger partial charge in [-0.2, -0.15) is 5.26 Å². The third kappa shape index (κ3) is 4.60. The molecular formula is C24H18N4O3. The lowest BCUT2D eigenvalue weighted by molar-refractivity contribution is -0.384. The Labute approximate surface area is 178 Å². The van der Waals surface area contributed by atoms with Crippen molar-refractivity contribution in [3.05, 3.63) is 99.4 Å². The van der Waals surface area contributed by atoms with E-state index in [0.29, 0.717) is 23.8 Å². The number of allylic oxidation sites excluding steroid dienone is 1. The number of rotatable bonds is 6. The fraction of sp³-hybridized carbons (Fsp3) is 0.0833. The van der Waals surface area contributed by atoms with E-state index < -0.39 is 4.92 Å². The second kappa shape index (κ2) is 8.51. The molecule has 4 aromatic rings. The third-order valence-corrected chi connectivity index (χ3v) is 4.76. The Bertz CT molecular complexity index is 1310. The summed E-state index contributed by atoms with van der Waals surface area (Å²) >= 11 is 0. The van der Waals surface area contributed by atoms with Crippen LogP contribution in [0.2, 0.25) is 0 Å².